The van der Waals surface area contributed by atoms with E-state index in [1.807, 2.05) is 6.07 Å². The summed E-state index contributed by atoms with van der Waals surface area (Å²) in [5, 5.41) is 14.7. The van der Waals surface area contributed by atoms with Gasteiger partial charge in [0, 0.05) is 18.0 Å². The van der Waals surface area contributed by atoms with Gasteiger partial charge in [-0.1, -0.05) is 56.9 Å². The Hall–Kier alpha value is -1.81. The van der Waals surface area contributed by atoms with E-state index in [1.165, 1.54) is 18.4 Å². The first-order chi connectivity index (χ1) is 14.4. The lowest BCUT2D eigenvalue weighted by atomic mass is 9.73. The van der Waals surface area contributed by atoms with Crippen molar-refractivity contribution in [2.75, 3.05) is 6.54 Å². The van der Waals surface area contributed by atoms with Crippen LogP contribution in [-0.4, -0.2) is 16.8 Å². The molecule has 0 radical (unpaired) electrons. The second-order valence-electron chi connectivity index (χ2n) is 8.68. The number of unbranched alkanes of at least 4 members (excludes halogenated alkanes) is 3. The highest BCUT2D eigenvalue weighted by molar-refractivity contribution is 7.80. The lowest BCUT2D eigenvalue weighted by Crippen LogP contribution is -2.28. The molecule has 0 aromatic heterocycles. The molecule has 0 spiro atoms. The van der Waals surface area contributed by atoms with Crippen molar-refractivity contribution in [1.82, 2.24) is 5.32 Å². The normalized spacial score (nSPS) is 18.6. The minimum Gasteiger partial charge on any atom is -0.507 e. The van der Waals surface area contributed by atoms with Gasteiger partial charge in [-0.05, 0) is 81.8 Å². The molecule has 30 heavy (non-hydrogen) atoms. The van der Waals surface area contributed by atoms with Crippen molar-refractivity contribution >= 4 is 17.4 Å². The van der Waals surface area contributed by atoms with Gasteiger partial charge in [-0.15, -0.1) is 0 Å². The second kappa shape index (κ2) is 12.1. The summed E-state index contributed by atoms with van der Waals surface area (Å²) in [6.07, 6.45) is 10.9. The molecule has 3 nitrogen and oxygen atoms in total. The predicted octanol–water partition coefficient (Wildman–Crippen LogP) is 7.19. The molecule has 0 saturated heterocycles. The van der Waals surface area contributed by atoms with Crippen LogP contribution in [0.2, 0.25) is 0 Å². The molecule has 0 saturated carbocycles. The van der Waals surface area contributed by atoms with Gasteiger partial charge in [0.1, 0.15) is 11.5 Å². The van der Waals surface area contributed by atoms with Crippen LogP contribution in [0.5, 0.6) is 11.5 Å². The highest BCUT2D eigenvalue weighted by atomic mass is 32.1. The Bertz CT molecular complexity index is 769. The van der Waals surface area contributed by atoms with Gasteiger partial charge < -0.3 is 15.2 Å². The highest BCUT2D eigenvalue weighted by Crippen LogP contribution is 2.47. The van der Waals surface area contributed by atoms with E-state index in [0.717, 1.165) is 61.8 Å². The smallest absolute Gasteiger partial charge is 0.262 e. The van der Waals surface area contributed by atoms with Crippen LogP contribution in [0.3, 0.4) is 0 Å². The Morgan fingerprint density at radius 2 is 1.97 bits per heavy atom. The van der Waals surface area contributed by atoms with Crippen LogP contribution in [0.4, 0.5) is 0 Å². The summed E-state index contributed by atoms with van der Waals surface area (Å²) in [6.45, 7) is 13.6. The number of aromatic hydroxyl groups is 1. The van der Waals surface area contributed by atoms with Crippen molar-refractivity contribution in [3.05, 3.63) is 47.1 Å². The molecule has 1 aliphatic rings. The van der Waals surface area contributed by atoms with E-state index in [2.05, 4.69) is 51.7 Å². The van der Waals surface area contributed by atoms with Crippen LogP contribution in [-0.2, 0) is 6.42 Å². The minimum atomic E-state index is 0.0504. The monoisotopic (exact) mass is 429 g/mol. The largest absolute Gasteiger partial charge is 0.507 e. The molecule has 1 aromatic carbocycles. The average molecular weight is 430 g/mol. The summed E-state index contributed by atoms with van der Waals surface area (Å²) in [5.74, 6) is 1.32. The van der Waals surface area contributed by atoms with E-state index in [9.17, 15) is 5.11 Å². The number of thiocarbonyl (C=S) groups is 1. The molecule has 2 atom stereocenters. The summed E-state index contributed by atoms with van der Waals surface area (Å²) in [6, 6.07) is 3.99. The third kappa shape index (κ3) is 6.87. The highest BCUT2D eigenvalue weighted by Gasteiger charge is 2.31. The Morgan fingerprint density at radius 1 is 1.23 bits per heavy atom. The summed E-state index contributed by atoms with van der Waals surface area (Å²) in [5.41, 5.74) is 4.42. The zero-order valence-corrected chi connectivity index (χ0v) is 20.0. The second-order valence-corrected chi connectivity index (χ2v) is 9.05. The Morgan fingerprint density at radius 3 is 2.63 bits per heavy atom. The molecule has 166 valence electrons. The topological polar surface area (TPSA) is 41.5 Å². The van der Waals surface area contributed by atoms with E-state index >= 15 is 0 Å². The lowest BCUT2D eigenvalue weighted by Gasteiger charge is -2.32. The Balaban J connectivity index is 2.41. The van der Waals surface area contributed by atoms with Crippen LogP contribution < -0.4 is 10.1 Å². The van der Waals surface area contributed by atoms with E-state index < -0.39 is 0 Å². The molecule has 1 aliphatic carbocycles. The molecule has 1 aromatic rings. The van der Waals surface area contributed by atoms with Crippen molar-refractivity contribution in [3.8, 4) is 11.5 Å². The third-order valence-electron chi connectivity index (χ3n) is 5.96. The van der Waals surface area contributed by atoms with Crippen molar-refractivity contribution in [1.29, 1.82) is 0 Å². The van der Waals surface area contributed by atoms with Gasteiger partial charge in [0.05, 0.1) is 0 Å². The number of rotatable bonds is 10. The number of benzene rings is 1. The van der Waals surface area contributed by atoms with Gasteiger partial charge in [0.25, 0.3) is 5.17 Å². The van der Waals surface area contributed by atoms with Crippen LogP contribution in [0.1, 0.15) is 89.7 Å². The number of nitrogens with one attached hydrogen (secondary N) is 1. The first-order valence-corrected chi connectivity index (χ1v) is 11.9. The van der Waals surface area contributed by atoms with Gasteiger partial charge in [-0.3, -0.25) is 0 Å². The first kappa shape index (κ1) is 24.5. The maximum absolute atomic E-state index is 11.1. The molecule has 0 unspecified atom stereocenters. The summed E-state index contributed by atoms with van der Waals surface area (Å²) in [7, 11) is 0. The zero-order chi connectivity index (χ0) is 22.1. The quantitative estimate of drug-likeness (QED) is 0.234. The Labute approximate surface area is 188 Å². The van der Waals surface area contributed by atoms with Crippen LogP contribution in [0.15, 0.2) is 35.9 Å². The number of phenolic OH excluding ortho intramolecular Hbond substituents is 1. The van der Waals surface area contributed by atoms with Crippen LogP contribution >= 0.6 is 12.2 Å². The average Bonchev–Trinajstić information content (AvgIpc) is 2.68. The molecule has 2 rings (SSSR count). The van der Waals surface area contributed by atoms with Crippen molar-refractivity contribution in [2.45, 2.75) is 85.0 Å². The van der Waals surface area contributed by atoms with Crippen LogP contribution in [0, 0.1) is 5.92 Å². The van der Waals surface area contributed by atoms with Gasteiger partial charge >= 0.3 is 0 Å². The number of phenols is 1. The molecule has 4 heteroatoms. The SMILES string of the molecule is C=C(C)[C@@H]1CCC(C)=C[C@H]1c1c(O)cc(CCCCC)cc1OC(=S)NCCCC. The molecule has 0 bridgehead atoms. The van der Waals surface area contributed by atoms with Crippen molar-refractivity contribution < 1.29 is 9.84 Å². The maximum atomic E-state index is 11.1. The van der Waals surface area contributed by atoms with E-state index in [4.69, 9.17) is 17.0 Å². The van der Waals surface area contributed by atoms with Gasteiger partial charge in [-0.2, -0.15) is 0 Å². The molecule has 2 N–H and O–H groups in total. The van der Waals surface area contributed by atoms with E-state index in [0.29, 0.717) is 16.7 Å². The minimum absolute atomic E-state index is 0.0504. The first-order valence-electron chi connectivity index (χ1n) is 11.5. The fraction of sp³-hybridized carbons (Fsp3) is 0.577. The van der Waals surface area contributed by atoms with E-state index in [1.54, 1.807) is 0 Å². The number of hydrogen-bond donors (Lipinski definition) is 2. The fourth-order valence-electron chi connectivity index (χ4n) is 4.22. The van der Waals surface area contributed by atoms with Crippen LogP contribution in [0.25, 0.3) is 0 Å². The summed E-state index contributed by atoms with van der Waals surface area (Å²) < 4.78 is 6.14. The van der Waals surface area contributed by atoms with E-state index in [-0.39, 0.29) is 11.8 Å². The van der Waals surface area contributed by atoms with Crippen molar-refractivity contribution in [2.24, 2.45) is 5.92 Å². The molecule has 0 fully saturated rings. The zero-order valence-electron chi connectivity index (χ0n) is 19.2. The molecular formula is C26H39NO2S. The van der Waals surface area contributed by atoms with Gasteiger partial charge in [0.15, 0.2) is 0 Å². The van der Waals surface area contributed by atoms with Gasteiger partial charge in [-0.25, -0.2) is 0 Å². The standard InChI is InChI=1S/C26H39NO2S/c1-6-8-10-11-20-16-23(28)25(22-15-19(5)12-13-21(22)18(3)4)24(17-20)29-26(30)27-14-9-7-2/h15-17,21-22,28H,3,6-14H2,1-2,4-5H3,(H,27,30)/t21-,22+/m0/s1. The molecular weight excluding hydrogens is 390 g/mol. The molecule has 0 heterocycles. The Kier molecular flexibility index (Phi) is 9.90. The fourth-order valence-corrected chi connectivity index (χ4v) is 4.41. The van der Waals surface area contributed by atoms with Gasteiger partial charge in [0.2, 0.25) is 0 Å². The van der Waals surface area contributed by atoms with Crippen molar-refractivity contribution in [3.63, 3.8) is 0 Å². The third-order valence-corrected chi connectivity index (χ3v) is 6.19. The number of ether oxygens (including phenoxy) is 1. The lowest BCUT2D eigenvalue weighted by molar-refractivity contribution is 0.420. The predicted molar refractivity (Wildman–Crippen MR) is 132 cm³/mol. The summed E-state index contributed by atoms with van der Waals surface area (Å²) in [4.78, 5) is 0. The summed E-state index contributed by atoms with van der Waals surface area (Å²) >= 11 is 5.46. The number of aryl methyl sites for hydroxylation is 1. The number of allylic oxidation sites excluding steroid dienone is 3. The maximum Gasteiger partial charge on any atom is 0.262 e. The molecule has 0 aliphatic heterocycles. The number of hydrogen-bond acceptors (Lipinski definition) is 3. The molecule has 0 amide bonds.